The van der Waals surface area contributed by atoms with Gasteiger partial charge in [-0.1, -0.05) is 37.0 Å². The van der Waals surface area contributed by atoms with Crippen molar-refractivity contribution in [2.45, 2.75) is 20.8 Å². The van der Waals surface area contributed by atoms with Gasteiger partial charge in [0.25, 0.3) is 11.8 Å². The molecule has 27 heavy (non-hydrogen) atoms. The Morgan fingerprint density at radius 1 is 1.07 bits per heavy atom. The Morgan fingerprint density at radius 3 is 2.44 bits per heavy atom. The summed E-state index contributed by atoms with van der Waals surface area (Å²) in [5, 5.41) is 6.41. The molecule has 5 nitrogen and oxygen atoms in total. The van der Waals surface area contributed by atoms with Crippen LogP contribution in [0.5, 0.6) is 5.75 Å². The molecule has 0 bridgehead atoms. The highest BCUT2D eigenvalue weighted by atomic mass is 35.5. The van der Waals surface area contributed by atoms with E-state index in [1.165, 1.54) is 0 Å². The lowest BCUT2D eigenvalue weighted by Gasteiger charge is -2.12. The van der Waals surface area contributed by atoms with Gasteiger partial charge in [-0.3, -0.25) is 9.59 Å². The highest BCUT2D eigenvalue weighted by molar-refractivity contribution is 6.42. The molecule has 0 aromatic heterocycles. The van der Waals surface area contributed by atoms with Crippen molar-refractivity contribution in [3.05, 3.63) is 57.6 Å². The van der Waals surface area contributed by atoms with E-state index in [4.69, 9.17) is 27.9 Å². The standard InChI is InChI=1S/C20H22Cl2N2O3/c1-12(2)10-23-20(26)14-4-7-18(13(3)8-14)24-19(25)11-27-15-5-6-16(21)17(22)9-15/h4-9,12H,10-11H2,1-3H3,(H,23,26)(H,24,25). The number of rotatable bonds is 7. The van der Waals surface area contributed by atoms with Crippen LogP contribution in [0.25, 0.3) is 0 Å². The third kappa shape index (κ3) is 6.45. The van der Waals surface area contributed by atoms with Crippen LogP contribution >= 0.6 is 23.2 Å². The summed E-state index contributed by atoms with van der Waals surface area (Å²) in [4.78, 5) is 24.2. The van der Waals surface area contributed by atoms with E-state index in [2.05, 4.69) is 10.6 Å². The van der Waals surface area contributed by atoms with Crippen LogP contribution in [0.1, 0.15) is 29.8 Å². The van der Waals surface area contributed by atoms with E-state index in [1.54, 1.807) is 36.4 Å². The monoisotopic (exact) mass is 408 g/mol. The molecule has 2 amide bonds. The Bertz CT molecular complexity index is 838. The first-order chi connectivity index (χ1) is 12.8. The average Bonchev–Trinajstić information content (AvgIpc) is 2.62. The summed E-state index contributed by atoms with van der Waals surface area (Å²) in [6, 6.07) is 9.91. The number of ether oxygens (including phenoxy) is 1. The van der Waals surface area contributed by atoms with Gasteiger partial charge in [-0.15, -0.1) is 0 Å². The van der Waals surface area contributed by atoms with Gasteiger partial charge in [-0.2, -0.15) is 0 Å². The summed E-state index contributed by atoms with van der Waals surface area (Å²) in [7, 11) is 0. The summed E-state index contributed by atoms with van der Waals surface area (Å²) in [6.45, 7) is 6.33. The molecule has 0 aliphatic heterocycles. The molecular formula is C20H22Cl2N2O3. The van der Waals surface area contributed by atoms with E-state index in [0.29, 0.717) is 39.5 Å². The van der Waals surface area contributed by atoms with Gasteiger partial charge in [0.05, 0.1) is 10.0 Å². The van der Waals surface area contributed by atoms with E-state index in [9.17, 15) is 9.59 Å². The largest absolute Gasteiger partial charge is 0.484 e. The maximum atomic E-state index is 12.1. The fraction of sp³-hybridized carbons (Fsp3) is 0.300. The van der Waals surface area contributed by atoms with Crippen LogP contribution in [0, 0.1) is 12.8 Å². The number of hydrogen-bond acceptors (Lipinski definition) is 3. The fourth-order valence-corrected chi connectivity index (χ4v) is 2.53. The number of benzene rings is 2. The molecule has 0 atom stereocenters. The minimum absolute atomic E-state index is 0.132. The van der Waals surface area contributed by atoms with Crippen LogP contribution in [-0.2, 0) is 4.79 Å². The number of halogens is 2. The van der Waals surface area contributed by atoms with E-state index in [0.717, 1.165) is 5.56 Å². The normalized spacial score (nSPS) is 10.6. The Morgan fingerprint density at radius 2 is 1.81 bits per heavy atom. The lowest BCUT2D eigenvalue weighted by atomic mass is 10.1. The maximum Gasteiger partial charge on any atom is 0.262 e. The Balaban J connectivity index is 1.93. The SMILES string of the molecule is Cc1cc(C(=O)NCC(C)C)ccc1NC(=O)COc1ccc(Cl)c(Cl)c1. The summed E-state index contributed by atoms with van der Waals surface area (Å²) in [5.41, 5.74) is 1.96. The van der Waals surface area contributed by atoms with Crippen molar-refractivity contribution >= 4 is 40.7 Å². The molecular weight excluding hydrogens is 387 g/mol. The minimum atomic E-state index is -0.318. The van der Waals surface area contributed by atoms with Gasteiger partial charge in [0.15, 0.2) is 6.61 Å². The van der Waals surface area contributed by atoms with Gasteiger partial charge in [-0.05, 0) is 48.7 Å². The highest BCUT2D eigenvalue weighted by Crippen LogP contribution is 2.26. The summed E-state index contributed by atoms with van der Waals surface area (Å²) >= 11 is 11.8. The molecule has 2 aromatic rings. The first-order valence-electron chi connectivity index (χ1n) is 8.53. The van der Waals surface area contributed by atoms with E-state index < -0.39 is 0 Å². The number of amides is 2. The number of carbonyl (C=O) groups is 2. The first-order valence-corrected chi connectivity index (χ1v) is 9.28. The predicted octanol–water partition coefficient (Wildman–Crippen LogP) is 4.71. The van der Waals surface area contributed by atoms with Gasteiger partial charge in [0, 0.05) is 23.9 Å². The van der Waals surface area contributed by atoms with E-state index in [1.807, 2.05) is 20.8 Å². The van der Waals surface area contributed by atoms with Crippen LogP contribution in [-0.4, -0.2) is 25.0 Å². The molecule has 0 saturated heterocycles. The molecule has 144 valence electrons. The van der Waals surface area contributed by atoms with Gasteiger partial charge >= 0.3 is 0 Å². The van der Waals surface area contributed by atoms with Crippen molar-refractivity contribution < 1.29 is 14.3 Å². The Kier molecular flexibility index (Phi) is 7.51. The molecule has 2 rings (SSSR count). The molecule has 0 heterocycles. The zero-order chi connectivity index (χ0) is 20.0. The lowest BCUT2D eigenvalue weighted by molar-refractivity contribution is -0.118. The zero-order valence-corrected chi connectivity index (χ0v) is 16.9. The van der Waals surface area contributed by atoms with Crippen molar-refractivity contribution in [3.8, 4) is 5.75 Å². The summed E-state index contributed by atoms with van der Waals surface area (Å²) < 4.78 is 5.41. The highest BCUT2D eigenvalue weighted by Gasteiger charge is 2.11. The number of aryl methyl sites for hydroxylation is 1. The second-order valence-corrected chi connectivity index (χ2v) is 7.36. The minimum Gasteiger partial charge on any atom is -0.484 e. The Labute approximate surface area is 169 Å². The molecule has 0 fully saturated rings. The molecule has 0 spiro atoms. The number of nitrogens with one attached hydrogen (secondary N) is 2. The molecule has 2 N–H and O–H groups in total. The molecule has 2 aromatic carbocycles. The van der Waals surface area contributed by atoms with Crippen molar-refractivity contribution in [2.24, 2.45) is 5.92 Å². The molecule has 0 saturated carbocycles. The third-order valence-electron chi connectivity index (χ3n) is 3.69. The Hall–Kier alpha value is -2.24. The molecule has 0 unspecified atom stereocenters. The van der Waals surface area contributed by atoms with Crippen molar-refractivity contribution in [2.75, 3.05) is 18.5 Å². The topological polar surface area (TPSA) is 67.4 Å². The van der Waals surface area contributed by atoms with Gasteiger partial charge in [0.1, 0.15) is 5.75 Å². The lowest BCUT2D eigenvalue weighted by Crippen LogP contribution is -2.27. The second kappa shape index (κ2) is 9.62. The van der Waals surface area contributed by atoms with Crippen molar-refractivity contribution in [3.63, 3.8) is 0 Å². The van der Waals surface area contributed by atoms with Crippen LogP contribution in [0.3, 0.4) is 0 Å². The molecule has 0 radical (unpaired) electrons. The first kappa shape index (κ1) is 21.1. The molecule has 0 aliphatic rings. The number of hydrogen-bond donors (Lipinski definition) is 2. The van der Waals surface area contributed by atoms with Crippen molar-refractivity contribution in [1.29, 1.82) is 0 Å². The van der Waals surface area contributed by atoms with Crippen LogP contribution in [0.2, 0.25) is 10.0 Å². The van der Waals surface area contributed by atoms with Gasteiger partial charge < -0.3 is 15.4 Å². The quantitative estimate of drug-likeness (QED) is 0.696. The third-order valence-corrected chi connectivity index (χ3v) is 4.43. The van der Waals surface area contributed by atoms with Gasteiger partial charge in [-0.25, -0.2) is 0 Å². The van der Waals surface area contributed by atoms with Crippen LogP contribution < -0.4 is 15.4 Å². The summed E-state index contributed by atoms with van der Waals surface area (Å²) in [6.07, 6.45) is 0. The smallest absolute Gasteiger partial charge is 0.262 e. The number of carbonyl (C=O) groups excluding carboxylic acids is 2. The maximum absolute atomic E-state index is 12.1. The van der Waals surface area contributed by atoms with E-state index in [-0.39, 0.29) is 18.4 Å². The summed E-state index contributed by atoms with van der Waals surface area (Å²) in [5.74, 6) is 0.381. The molecule has 7 heteroatoms. The predicted molar refractivity (Wildman–Crippen MR) is 109 cm³/mol. The van der Waals surface area contributed by atoms with Crippen LogP contribution in [0.15, 0.2) is 36.4 Å². The van der Waals surface area contributed by atoms with Gasteiger partial charge in [0.2, 0.25) is 0 Å². The molecule has 0 aliphatic carbocycles. The number of anilines is 1. The zero-order valence-electron chi connectivity index (χ0n) is 15.4. The fourth-order valence-electron chi connectivity index (χ4n) is 2.25. The van der Waals surface area contributed by atoms with E-state index >= 15 is 0 Å². The van der Waals surface area contributed by atoms with Crippen LogP contribution in [0.4, 0.5) is 5.69 Å². The van der Waals surface area contributed by atoms with Crippen molar-refractivity contribution in [1.82, 2.24) is 5.32 Å². The second-order valence-electron chi connectivity index (χ2n) is 6.55. The average molecular weight is 409 g/mol.